The van der Waals surface area contributed by atoms with Gasteiger partial charge in [-0.1, -0.05) is 19.9 Å². The van der Waals surface area contributed by atoms with E-state index in [2.05, 4.69) is 18.8 Å². The van der Waals surface area contributed by atoms with E-state index in [9.17, 15) is 13.2 Å². The van der Waals surface area contributed by atoms with Gasteiger partial charge in [0, 0.05) is 13.0 Å². The summed E-state index contributed by atoms with van der Waals surface area (Å²) < 4.78 is 51.8. The number of nitrogens with zero attached hydrogens (tertiary/aromatic N) is 2. The van der Waals surface area contributed by atoms with E-state index in [0.717, 1.165) is 23.5 Å². The minimum absolute atomic E-state index is 0.323. The number of rotatable bonds is 6. The predicted octanol–water partition coefficient (Wildman–Crippen LogP) is 5.32. The molecule has 3 rings (SSSR count). The molecular weight excluding hydrogens is 369 g/mol. The third kappa shape index (κ3) is 4.08. The first kappa shape index (κ1) is 20.0. The third-order valence-electron chi connectivity index (χ3n) is 4.51. The molecule has 0 atom stereocenters. The van der Waals surface area contributed by atoms with Crippen LogP contribution in [0.2, 0.25) is 0 Å². The number of hydrogen-bond donors (Lipinski definition) is 0. The Kier molecular flexibility index (Phi) is 5.54. The molecule has 0 fully saturated rings. The number of benzene rings is 2. The van der Waals surface area contributed by atoms with Gasteiger partial charge in [0.25, 0.3) is 0 Å². The highest BCUT2D eigenvalue weighted by Crippen LogP contribution is 2.33. The van der Waals surface area contributed by atoms with Crippen molar-refractivity contribution in [3.05, 3.63) is 53.3 Å². The van der Waals surface area contributed by atoms with Crippen molar-refractivity contribution in [2.75, 3.05) is 14.2 Å². The van der Waals surface area contributed by atoms with Crippen molar-refractivity contribution < 1.29 is 22.6 Å². The summed E-state index contributed by atoms with van der Waals surface area (Å²) in [5, 5.41) is 0. The fraction of sp³-hybridized carbons (Fsp3) is 0.381. The number of alkyl halides is 3. The number of imidazole rings is 1. The van der Waals surface area contributed by atoms with Crippen molar-refractivity contribution >= 4 is 11.0 Å². The Bertz CT molecular complexity index is 978. The number of methoxy groups -OCH3 is 2. The third-order valence-corrected chi connectivity index (χ3v) is 4.51. The molecule has 0 bridgehead atoms. The maximum atomic E-state index is 13.1. The minimum Gasteiger partial charge on any atom is -0.493 e. The molecule has 3 aromatic rings. The molecule has 0 aliphatic carbocycles. The van der Waals surface area contributed by atoms with Gasteiger partial charge in [-0.05, 0) is 41.8 Å². The smallest absolute Gasteiger partial charge is 0.416 e. The molecule has 0 radical (unpaired) electrons. The average molecular weight is 392 g/mol. The lowest BCUT2D eigenvalue weighted by Crippen LogP contribution is -2.09. The Morgan fingerprint density at radius 1 is 1.00 bits per heavy atom. The predicted molar refractivity (Wildman–Crippen MR) is 102 cm³/mol. The van der Waals surface area contributed by atoms with E-state index >= 15 is 0 Å². The lowest BCUT2D eigenvalue weighted by atomic mass is 10.1. The zero-order valence-electron chi connectivity index (χ0n) is 16.3. The van der Waals surface area contributed by atoms with Crippen LogP contribution in [0.3, 0.4) is 0 Å². The molecule has 0 saturated carbocycles. The van der Waals surface area contributed by atoms with Crippen LogP contribution in [0.1, 0.15) is 30.8 Å². The molecule has 4 nitrogen and oxygen atoms in total. The van der Waals surface area contributed by atoms with Crippen LogP contribution >= 0.6 is 0 Å². The summed E-state index contributed by atoms with van der Waals surface area (Å²) in [5.41, 5.74) is 1.31. The van der Waals surface area contributed by atoms with Crippen molar-refractivity contribution in [3.63, 3.8) is 0 Å². The summed E-state index contributed by atoms with van der Waals surface area (Å²) in [6.45, 7) is 4.80. The average Bonchev–Trinajstić information content (AvgIpc) is 2.96. The molecule has 150 valence electrons. The van der Waals surface area contributed by atoms with Crippen LogP contribution in [0.5, 0.6) is 11.5 Å². The van der Waals surface area contributed by atoms with Crippen LogP contribution in [0, 0.1) is 5.92 Å². The van der Waals surface area contributed by atoms with Crippen molar-refractivity contribution in [2.45, 2.75) is 33.0 Å². The summed E-state index contributed by atoms with van der Waals surface area (Å²) in [7, 11) is 3.13. The lowest BCUT2D eigenvalue weighted by Gasteiger charge is -2.13. The summed E-state index contributed by atoms with van der Waals surface area (Å²) in [6.07, 6.45) is -3.91. The number of halogens is 3. The number of ether oxygens (including phenoxy) is 2. The van der Waals surface area contributed by atoms with E-state index in [1.165, 1.54) is 6.07 Å². The molecule has 0 unspecified atom stereocenters. The second-order valence-corrected chi connectivity index (χ2v) is 7.10. The highest BCUT2D eigenvalue weighted by atomic mass is 19.4. The molecule has 7 heteroatoms. The van der Waals surface area contributed by atoms with Crippen LogP contribution < -0.4 is 9.47 Å². The van der Waals surface area contributed by atoms with E-state index < -0.39 is 11.7 Å². The molecule has 0 aliphatic heterocycles. The molecule has 0 amide bonds. The highest BCUT2D eigenvalue weighted by molar-refractivity contribution is 5.77. The van der Waals surface area contributed by atoms with E-state index in [1.807, 2.05) is 22.8 Å². The van der Waals surface area contributed by atoms with Gasteiger partial charge in [0.05, 0.1) is 30.8 Å². The summed E-state index contributed by atoms with van der Waals surface area (Å²) in [4.78, 5) is 4.52. The Labute approximate surface area is 161 Å². The van der Waals surface area contributed by atoms with Gasteiger partial charge in [-0.15, -0.1) is 0 Å². The van der Waals surface area contributed by atoms with Crippen molar-refractivity contribution in [1.82, 2.24) is 9.55 Å². The Morgan fingerprint density at radius 2 is 1.71 bits per heavy atom. The summed E-state index contributed by atoms with van der Waals surface area (Å²) in [5.74, 6) is 2.27. The van der Waals surface area contributed by atoms with Crippen LogP contribution in [0.15, 0.2) is 36.4 Å². The molecule has 28 heavy (non-hydrogen) atoms. The fourth-order valence-electron chi connectivity index (χ4n) is 3.23. The Hall–Kier alpha value is -2.70. The second-order valence-electron chi connectivity index (χ2n) is 7.10. The monoisotopic (exact) mass is 392 g/mol. The van der Waals surface area contributed by atoms with E-state index in [-0.39, 0.29) is 0 Å². The SMILES string of the molecule is COc1ccc(Cc2nc3cc(C(F)(F)F)ccc3n2CC(C)C)cc1OC. The van der Waals surface area contributed by atoms with Crippen molar-refractivity contribution in [2.24, 2.45) is 5.92 Å². The fourth-order valence-corrected chi connectivity index (χ4v) is 3.23. The molecule has 0 N–H and O–H groups in total. The summed E-state index contributed by atoms with van der Waals surface area (Å²) >= 11 is 0. The van der Waals surface area contributed by atoms with E-state index in [0.29, 0.717) is 41.4 Å². The molecule has 1 aromatic heterocycles. The van der Waals surface area contributed by atoms with Crippen molar-refractivity contribution in [3.8, 4) is 11.5 Å². The number of aromatic nitrogens is 2. The molecular formula is C21H23F3N2O2. The first-order chi connectivity index (χ1) is 13.2. The topological polar surface area (TPSA) is 36.3 Å². The van der Waals surface area contributed by atoms with Crippen molar-refractivity contribution in [1.29, 1.82) is 0 Å². The van der Waals surface area contributed by atoms with Gasteiger partial charge < -0.3 is 14.0 Å². The molecule has 0 saturated heterocycles. The van der Waals surface area contributed by atoms with Crippen LogP contribution in [0.25, 0.3) is 11.0 Å². The standard InChI is InChI=1S/C21H23F3N2O2/c1-13(2)12-26-17-7-6-15(21(22,23)24)11-16(17)25-20(26)10-14-5-8-18(27-3)19(9-14)28-4/h5-9,11,13H,10,12H2,1-4H3. The van der Waals surface area contributed by atoms with E-state index in [1.54, 1.807) is 14.2 Å². The molecule has 1 heterocycles. The van der Waals surface area contributed by atoms with Gasteiger partial charge in [-0.2, -0.15) is 13.2 Å². The zero-order valence-corrected chi connectivity index (χ0v) is 16.3. The first-order valence-electron chi connectivity index (χ1n) is 9.00. The second kappa shape index (κ2) is 7.73. The molecule has 0 aliphatic rings. The van der Waals surface area contributed by atoms with Gasteiger partial charge in [0.15, 0.2) is 11.5 Å². The van der Waals surface area contributed by atoms with E-state index in [4.69, 9.17) is 9.47 Å². The zero-order chi connectivity index (χ0) is 20.5. The first-order valence-corrected chi connectivity index (χ1v) is 9.00. The number of fused-ring (bicyclic) bond motifs is 1. The largest absolute Gasteiger partial charge is 0.493 e. The van der Waals surface area contributed by atoms with Gasteiger partial charge in [-0.3, -0.25) is 0 Å². The van der Waals surface area contributed by atoms with Gasteiger partial charge in [-0.25, -0.2) is 4.98 Å². The minimum atomic E-state index is -4.39. The number of hydrogen-bond acceptors (Lipinski definition) is 3. The molecule has 0 spiro atoms. The lowest BCUT2D eigenvalue weighted by molar-refractivity contribution is -0.137. The summed E-state index contributed by atoms with van der Waals surface area (Å²) in [6, 6.07) is 9.31. The quantitative estimate of drug-likeness (QED) is 0.570. The van der Waals surface area contributed by atoms with Crippen LogP contribution in [-0.2, 0) is 19.1 Å². The maximum Gasteiger partial charge on any atom is 0.416 e. The van der Waals surface area contributed by atoms with Gasteiger partial charge in [0.2, 0.25) is 0 Å². The Balaban J connectivity index is 2.06. The van der Waals surface area contributed by atoms with Gasteiger partial charge in [0.1, 0.15) is 5.82 Å². The van der Waals surface area contributed by atoms with Crippen LogP contribution in [0.4, 0.5) is 13.2 Å². The van der Waals surface area contributed by atoms with Crippen LogP contribution in [-0.4, -0.2) is 23.8 Å². The normalized spacial score (nSPS) is 12.0. The van der Waals surface area contributed by atoms with Gasteiger partial charge >= 0.3 is 6.18 Å². The highest BCUT2D eigenvalue weighted by Gasteiger charge is 2.31. The molecule has 2 aromatic carbocycles. The Morgan fingerprint density at radius 3 is 2.32 bits per heavy atom. The maximum absolute atomic E-state index is 13.1.